The first-order valence-electron chi connectivity index (χ1n) is 19.2. The lowest BCUT2D eigenvalue weighted by atomic mass is 10.1. The molecule has 45 heavy (non-hydrogen) atoms. The van der Waals surface area contributed by atoms with Crippen LogP contribution in [0.5, 0.6) is 0 Å². The predicted octanol–water partition coefficient (Wildman–Crippen LogP) is 11.5. The number of hydrogen-bond acceptors (Lipinski definition) is 6. The Morgan fingerprint density at radius 3 is 1.20 bits per heavy atom. The second-order valence-electron chi connectivity index (χ2n) is 12.8. The van der Waals surface area contributed by atoms with Gasteiger partial charge in [-0.05, 0) is 38.5 Å². The van der Waals surface area contributed by atoms with Crippen molar-refractivity contribution in [3.8, 4) is 0 Å². The Balaban J connectivity index is 4.32. The van der Waals surface area contributed by atoms with Crippen molar-refractivity contribution in [2.75, 3.05) is 13.2 Å². The molecule has 0 saturated carbocycles. The Hall–Kier alpha value is -1.85. The fourth-order valence-electron chi connectivity index (χ4n) is 5.32. The molecule has 0 aromatic heterocycles. The van der Waals surface area contributed by atoms with Crippen molar-refractivity contribution in [2.45, 2.75) is 207 Å². The lowest BCUT2D eigenvalue weighted by Gasteiger charge is -2.18. The summed E-state index contributed by atoms with van der Waals surface area (Å²) in [6, 6.07) is 0. The Morgan fingerprint density at radius 2 is 0.778 bits per heavy atom. The number of carbonyl (C=O) groups is 3. The third kappa shape index (κ3) is 33.3. The molecule has 0 aliphatic carbocycles. The van der Waals surface area contributed by atoms with Gasteiger partial charge in [-0.1, -0.05) is 155 Å². The van der Waals surface area contributed by atoms with Crippen molar-refractivity contribution in [1.82, 2.24) is 0 Å². The van der Waals surface area contributed by atoms with E-state index in [-0.39, 0.29) is 31.1 Å². The van der Waals surface area contributed by atoms with Crippen LogP contribution in [0, 0.1) is 0 Å². The Morgan fingerprint density at radius 1 is 0.422 bits per heavy atom. The summed E-state index contributed by atoms with van der Waals surface area (Å²) >= 11 is 0. The van der Waals surface area contributed by atoms with Gasteiger partial charge in [0.05, 0.1) is 0 Å². The normalized spacial score (nSPS) is 12.0. The molecule has 0 aliphatic heterocycles. The van der Waals surface area contributed by atoms with Crippen LogP contribution in [-0.4, -0.2) is 37.2 Å². The molecule has 0 bridgehead atoms. The second kappa shape index (κ2) is 35.0. The molecule has 0 amide bonds. The molecule has 0 aromatic carbocycles. The van der Waals surface area contributed by atoms with Crippen molar-refractivity contribution in [3.63, 3.8) is 0 Å². The fraction of sp³-hybridized carbons (Fsp3) is 0.872. The average molecular weight is 637 g/mol. The highest BCUT2D eigenvalue weighted by Gasteiger charge is 2.19. The maximum Gasteiger partial charge on any atom is 0.306 e. The summed E-state index contributed by atoms with van der Waals surface area (Å²) in [6.45, 7) is 6.48. The van der Waals surface area contributed by atoms with E-state index in [1.165, 1.54) is 83.5 Å². The number of ether oxygens (including phenoxy) is 3. The highest BCUT2D eigenvalue weighted by molar-refractivity contribution is 5.71. The lowest BCUT2D eigenvalue weighted by molar-refractivity contribution is -0.167. The Bertz CT molecular complexity index is 704. The molecular formula is C39H72O6. The average Bonchev–Trinajstić information content (AvgIpc) is 3.03. The number of unbranched alkanes of at least 4 members (excludes halogenated alkanes) is 21. The molecule has 0 saturated heterocycles. The molecule has 0 rings (SSSR count). The van der Waals surface area contributed by atoms with Crippen molar-refractivity contribution in [1.29, 1.82) is 0 Å². The van der Waals surface area contributed by atoms with E-state index in [1.807, 2.05) is 0 Å². The van der Waals surface area contributed by atoms with Gasteiger partial charge in [-0.3, -0.25) is 14.4 Å². The van der Waals surface area contributed by atoms with Gasteiger partial charge in [0.2, 0.25) is 0 Å². The van der Waals surface area contributed by atoms with Crippen molar-refractivity contribution < 1.29 is 28.6 Å². The topological polar surface area (TPSA) is 78.9 Å². The zero-order valence-corrected chi connectivity index (χ0v) is 29.9. The van der Waals surface area contributed by atoms with Gasteiger partial charge in [-0.15, -0.1) is 0 Å². The van der Waals surface area contributed by atoms with Gasteiger partial charge >= 0.3 is 17.9 Å². The summed E-state index contributed by atoms with van der Waals surface area (Å²) in [6.07, 6.45) is 33.5. The highest BCUT2D eigenvalue weighted by atomic mass is 16.6. The molecule has 264 valence electrons. The molecule has 0 heterocycles. The van der Waals surface area contributed by atoms with Crippen molar-refractivity contribution >= 4 is 17.9 Å². The number of esters is 3. The first-order valence-corrected chi connectivity index (χ1v) is 19.2. The summed E-state index contributed by atoms with van der Waals surface area (Å²) in [5, 5.41) is 0. The number of hydrogen-bond donors (Lipinski definition) is 0. The van der Waals surface area contributed by atoms with Crippen molar-refractivity contribution in [2.24, 2.45) is 0 Å². The zero-order chi connectivity index (χ0) is 33.1. The predicted molar refractivity (Wildman–Crippen MR) is 187 cm³/mol. The summed E-state index contributed by atoms with van der Waals surface area (Å²) in [7, 11) is 0. The molecule has 6 nitrogen and oxygen atoms in total. The van der Waals surface area contributed by atoms with Gasteiger partial charge in [0.15, 0.2) is 6.10 Å². The molecule has 0 spiro atoms. The SMILES string of the molecule is CCC/C=C\CCCCCCCC(=O)OC(COC(=O)CCCCCCCC)COC(=O)CCCCCCCCCCCCC. The van der Waals surface area contributed by atoms with Gasteiger partial charge in [0.1, 0.15) is 13.2 Å². The largest absolute Gasteiger partial charge is 0.462 e. The molecule has 0 N–H and O–H groups in total. The third-order valence-electron chi connectivity index (χ3n) is 8.25. The van der Waals surface area contributed by atoms with Crippen LogP contribution in [-0.2, 0) is 28.6 Å². The van der Waals surface area contributed by atoms with E-state index in [0.717, 1.165) is 77.0 Å². The molecule has 0 radical (unpaired) electrons. The molecule has 0 aromatic rings. The summed E-state index contributed by atoms with van der Waals surface area (Å²) < 4.78 is 16.5. The zero-order valence-electron chi connectivity index (χ0n) is 29.9. The minimum absolute atomic E-state index is 0.0710. The summed E-state index contributed by atoms with van der Waals surface area (Å²) in [5.41, 5.74) is 0. The minimum Gasteiger partial charge on any atom is -0.462 e. The molecule has 1 atom stereocenters. The standard InChI is InChI=1S/C39H72O6/c1-4-7-10-13-16-18-20-22-23-26-29-32-38(41)44-35-36(34-43-37(40)31-28-25-15-12-9-6-3)45-39(42)33-30-27-24-21-19-17-14-11-8-5-2/h11,14,36H,4-10,12-13,15-35H2,1-3H3/b14-11-. The van der Waals surface area contributed by atoms with E-state index in [9.17, 15) is 14.4 Å². The lowest BCUT2D eigenvalue weighted by Crippen LogP contribution is -2.30. The molecular weight excluding hydrogens is 564 g/mol. The van der Waals surface area contributed by atoms with E-state index in [0.29, 0.717) is 19.3 Å². The minimum atomic E-state index is -0.762. The first-order chi connectivity index (χ1) is 22.0. The van der Waals surface area contributed by atoms with E-state index >= 15 is 0 Å². The van der Waals surface area contributed by atoms with Gasteiger partial charge in [0.25, 0.3) is 0 Å². The molecule has 1 unspecified atom stereocenters. The second-order valence-corrected chi connectivity index (χ2v) is 12.8. The van der Waals surface area contributed by atoms with Crippen molar-refractivity contribution in [3.05, 3.63) is 12.2 Å². The van der Waals surface area contributed by atoms with Gasteiger partial charge < -0.3 is 14.2 Å². The number of rotatable bonds is 34. The Labute approximate surface area is 278 Å². The fourth-order valence-corrected chi connectivity index (χ4v) is 5.32. The number of carbonyl (C=O) groups excluding carboxylic acids is 3. The first kappa shape index (κ1) is 43.1. The van der Waals surface area contributed by atoms with Crippen LogP contribution < -0.4 is 0 Å². The van der Waals surface area contributed by atoms with Crippen LogP contribution in [0.25, 0.3) is 0 Å². The summed E-state index contributed by atoms with van der Waals surface area (Å²) in [4.78, 5) is 37.2. The van der Waals surface area contributed by atoms with E-state index in [1.54, 1.807) is 0 Å². The van der Waals surface area contributed by atoms with E-state index in [4.69, 9.17) is 14.2 Å². The van der Waals surface area contributed by atoms with E-state index < -0.39 is 6.10 Å². The molecule has 0 fully saturated rings. The summed E-state index contributed by atoms with van der Waals surface area (Å²) in [5.74, 6) is -0.894. The monoisotopic (exact) mass is 637 g/mol. The maximum atomic E-state index is 12.5. The van der Waals surface area contributed by atoms with Crippen LogP contribution in [0.2, 0.25) is 0 Å². The smallest absolute Gasteiger partial charge is 0.306 e. The molecule has 0 aliphatic rings. The van der Waals surface area contributed by atoms with E-state index in [2.05, 4.69) is 32.9 Å². The Kier molecular flexibility index (Phi) is 33.6. The maximum absolute atomic E-state index is 12.5. The highest BCUT2D eigenvalue weighted by Crippen LogP contribution is 2.14. The molecule has 6 heteroatoms. The van der Waals surface area contributed by atoms with Gasteiger partial charge in [0, 0.05) is 19.3 Å². The third-order valence-corrected chi connectivity index (χ3v) is 8.25. The van der Waals surface area contributed by atoms with Crippen LogP contribution in [0.15, 0.2) is 12.2 Å². The van der Waals surface area contributed by atoms with Crippen LogP contribution in [0.4, 0.5) is 0 Å². The van der Waals surface area contributed by atoms with Crippen LogP contribution >= 0.6 is 0 Å². The van der Waals surface area contributed by atoms with Crippen LogP contribution in [0.1, 0.15) is 201 Å². The quantitative estimate of drug-likeness (QED) is 0.0303. The number of allylic oxidation sites excluding steroid dienone is 2. The van der Waals surface area contributed by atoms with Gasteiger partial charge in [-0.2, -0.15) is 0 Å². The van der Waals surface area contributed by atoms with Gasteiger partial charge in [-0.25, -0.2) is 0 Å². The van der Waals surface area contributed by atoms with Crippen LogP contribution in [0.3, 0.4) is 0 Å².